The molecule has 0 radical (unpaired) electrons. The Labute approximate surface area is 148 Å². The fourth-order valence-corrected chi connectivity index (χ4v) is 3.23. The molecule has 6 nitrogen and oxygen atoms in total. The zero-order chi connectivity index (χ0) is 17.6. The van der Waals surface area contributed by atoms with Crippen molar-refractivity contribution in [1.82, 2.24) is 5.32 Å². The third-order valence-electron chi connectivity index (χ3n) is 4.70. The van der Waals surface area contributed by atoms with Crippen molar-refractivity contribution in [3.8, 4) is 0 Å². The molecule has 2 aliphatic rings. The van der Waals surface area contributed by atoms with Gasteiger partial charge in [0.15, 0.2) is 0 Å². The molecule has 0 bridgehead atoms. The van der Waals surface area contributed by atoms with E-state index in [9.17, 15) is 9.59 Å². The van der Waals surface area contributed by atoms with E-state index in [2.05, 4.69) is 16.7 Å². The van der Waals surface area contributed by atoms with Crippen molar-refractivity contribution in [1.29, 1.82) is 0 Å². The summed E-state index contributed by atoms with van der Waals surface area (Å²) < 4.78 is 11.0. The first-order valence-electron chi connectivity index (χ1n) is 9.03. The Kier molecular flexibility index (Phi) is 6.04. The van der Waals surface area contributed by atoms with Crippen LogP contribution in [0.5, 0.6) is 0 Å². The van der Waals surface area contributed by atoms with Crippen LogP contribution in [-0.4, -0.2) is 37.7 Å². The Balaban J connectivity index is 1.42. The van der Waals surface area contributed by atoms with Gasteiger partial charge in [0.1, 0.15) is 0 Å². The van der Waals surface area contributed by atoms with Gasteiger partial charge in [0.2, 0.25) is 11.8 Å². The molecule has 0 aliphatic carbocycles. The molecule has 1 aromatic rings. The lowest BCUT2D eigenvalue weighted by Gasteiger charge is -2.20. The summed E-state index contributed by atoms with van der Waals surface area (Å²) in [6.45, 7) is 3.76. The summed E-state index contributed by atoms with van der Waals surface area (Å²) in [5.41, 5.74) is 3.04. The lowest BCUT2D eigenvalue weighted by Crippen LogP contribution is -2.28. The van der Waals surface area contributed by atoms with Crippen molar-refractivity contribution in [2.24, 2.45) is 0 Å². The number of benzene rings is 1. The molecule has 0 saturated carbocycles. The third kappa shape index (κ3) is 5.03. The first-order chi connectivity index (χ1) is 12.1. The predicted octanol–water partition coefficient (Wildman–Crippen LogP) is 2.33. The maximum Gasteiger partial charge on any atom is 0.224 e. The number of ether oxygens (including phenoxy) is 2. The number of rotatable bonds is 7. The Morgan fingerprint density at radius 1 is 1.44 bits per heavy atom. The van der Waals surface area contributed by atoms with Gasteiger partial charge in [-0.3, -0.25) is 9.59 Å². The zero-order valence-electron chi connectivity index (χ0n) is 14.7. The van der Waals surface area contributed by atoms with Crippen LogP contribution in [0, 0.1) is 0 Å². The SMILES string of the molecule is CC(NC(=O)CCOCC1CCCO1)c1ccc2c(c1)CCC(=O)N2. The van der Waals surface area contributed by atoms with Crippen molar-refractivity contribution >= 4 is 17.5 Å². The van der Waals surface area contributed by atoms with Crippen molar-refractivity contribution in [3.63, 3.8) is 0 Å². The second kappa shape index (κ2) is 8.45. The summed E-state index contributed by atoms with van der Waals surface area (Å²) in [4.78, 5) is 23.5. The smallest absolute Gasteiger partial charge is 0.224 e. The average molecular weight is 346 g/mol. The Hall–Kier alpha value is -1.92. The minimum Gasteiger partial charge on any atom is -0.378 e. The number of anilines is 1. The third-order valence-corrected chi connectivity index (χ3v) is 4.70. The van der Waals surface area contributed by atoms with E-state index in [-0.39, 0.29) is 24.0 Å². The number of carbonyl (C=O) groups excluding carboxylic acids is 2. The maximum atomic E-state index is 12.1. The average Bonchev–Trinajstić information content (AvgIpc) is 3.11. The number of nitrogens with one attached hydrogen (secondary N) is 2. The highest BCUT2D eigenvalue weighted by Crippen LogP contribution is 2.26. The lowest BCUT2D eigenvalue weighted by molar-refractivity contribution is -0.123. The van der Waals surface area contributed by atoms with Gasteiger partial charge < -0.3 is 20.1 Å². The number of hydrogen-bond donors (Lipinski definition) is 2. The van der Waals surface area contributed by atoms with Gasteiger partial charge in [0, 0.05) is 25.1 Å². The highest BCUT2D eigenvalue weighted by atomic mass is 16.5. The highest BCUT2D eigenvalue weighted by Gasteiger charge is 2.18. The molecule has 136 valence electrons. The molecule has 2 amide bonds. The van der Waals surface area contributed by atoms with Gasteiger partial charge in [0.25, 0.3) is 0 Å². The molecule has 3 rings (SSSR count). The maximum absolute atomic E-state index is 12.1. The van der Waals surface area contributed by atoms with Crippen molar-refractivity contribution < 1.29 is 19.1 Å². The van der Waals surface area contributed by atoms with Crippen LogP contribution in [0.3, 0.4) is 0 Å². The van der Waals surface area contributed by atoms with Crippen LogP contribution in [0.25, 0.3) is 0 Å². The highest BCUT2D eigenvalue weighted by molar-refractivity contribution is 5.93. The molecule has 2 heterocycles. The Bertz CT molecular complexity index is 626. The van der Waals surface area contributed by atoms with Gasteiger partial charge in [-0.2, -0.15) is 0 Å². The minimum atomic E-state index is -0.0754. The first-order valence-corrected chi connectivity index (χ1v) is 9.03. The van der Waals surface area contributed by atoms with E-state index in [4.69, 9.17) is 9.47 Å². The molecule has 2 aliphatic heterocycles. The van der Waals surface area contributed by atoms with Gasteiger partial charge in [-0.15, -0.1) is 0 Å². The molecule has 2 unspecified atom stereocenters. The summed E-state index contributed by atoms with van der Waals surface area (Å²) in [6, 6.07) is 5.85. The molecule has 0 spiro atoms. The van der Waals surface area contributed by atoms with E-state index >= 15 is 0 Å². The first kappa shape index (κ1) is 17.9. The standard InChI is InChI=1S/C19H26N2O4/c1-13(14-4-6-17-15(11-14)5-7-18(22)21-17)20-19(23)8-10-24-12-16-3-2-9-25-16/h4,6,11,13,16H,2-3,5,7-10,12H2,1H3,(H,20,23)(H,21,22). The number of aryl methyl sites for hydroxylation is 1. The largest absolute Gasteiger partial charge is 0.378 e. The second-order valence-corrected chi connectivity index (χ2v) is 6.71. The number of amides is 2. The summed E-state index contributed by atoms with van der Waals surface area (Å²) in [5.74, 6) is 0.0375. The molecule has 25 heavy (non-hydrogen) atoms. The molecule has 2 N–H and O–H groups in total. The Morgan fingerprint density at radius 2 is 2.32 bits per heavy atom. The van der Waals surface area contributed by atoms with Crippen LogP contribution in [0.4, 0.5) is 5.69 Å². The fourth-order valence-electron chi connectivity index (χ4n) is 3.23. The van der Waals surface area contributed by atoms with Crippen LogP contribution < -0.4 is 10.6 Å². The Morgan fingerprint density at radius 3 is 3.12 bits per heavy atom. The van der Waals surface area contributed by atoms with Crippen molar-refractivity contribution in [3.05, 3.63) is 29.3 Å². The zero-order valence-corrected chi connectivity index (χ0v) is 14.7. The van der Waals surface area contributed by atoms with E-state index in [1.54, 1.807) is 0 Å². The number of carbonyl (C=O) groups is 2. The topological polar surface area (TPSA) is 76.7 Å². The quantitative estimate of drug-likeness (QED) is 0.743. The van der Waals surface area contributed by atoms with E-state index in [0.717, 1.165) is 42.7 Å². The number of hydrogen-bond acceptors (Lipinski definition) is 4. The summed E-state index contributed by atoms with van der Waals surface area (Å²) in [7, 11) is 0. The fraction of sp³-hybridized carbons (Fsp3) is 0.579. The van der Waals surface area contributed by atoms with Crippen molar-refractivity contribution in [2.45, 2.75) is 51.2 Å². The molecule has 0 aromatic heterocycles. The van der Waals surface area contributed by atoms with E-state index in [1.807, 2.05) is 19.1 Å². The van der Waals surface area contributed by atoms with E-state index in [1.165, 1.54) is 0 Å². The molecule has 1 fully saturated rings. The summed E-state index contributed by atoms with van der Waals surface area (Å²) in [6.07, 6.45) is 3.93. The number of fused-ring (bicyclic) bond motifs is 1. The van der Waals surface area contributed by atoms with Gasteiger partial charge in [-0.05, 0) is 43.4 Å². The van der Waals surface area contributed by atoms with Gasteiger partial charge in [-0.25, -0.2) is 0 Å². The van der Waals surface area contributed by atoms with Gasteiger partial charge in [-0.1, -0.05) is 12.1 Å². The monoisotopic (exact) mass is 346 g/mol. The molecular formula is C19H26N2O4. The molecule has 1 aromatic carbocycles. The predicted molar refractivity (Wildman–Crippen MR) is 94.4 cm³/mol. The lowest BCUT2D eigenvalue weighted by atomic mass is 9.98. The van der Waals surface area contributed by atoms with E-state index < -0.39 is 0 Å². The van der Waals surface area contributed by atoms with Crippen LogP contribution in [0.2, 0.25) is 0 Å². The van der Waals surface area contributed by atoms with Gasteiger partial charge in [0.05, 0.1) is 25.4 Å². The molecule has 6 heteroatoms. The van der Waals surface area contributed by atoms with Crippen LogP contribution in [0.1, 0.15) is 49.8 Å². The van der Waals surface area contributed by atoms with E-state index in [0.29, 0.717) is 26.1 Å². The van der Waals surface area contributed by atoms with Crippen LogP contribution in [0.15, 0.2) is 18.2 Å². The molecular weight excluding hydrogens is 320 g/mol. The summed E-state index contributed by atoms with van der Waals surface area (Å²) >= 11 is 0. The van der Waals surface area contributed by atoms with Crippen LogP contribution in [-0.2, 0) is 25.5 Å². The molecule has 2 atom stereocenters. The van der Waals surface area contributed by atoms with Crippen molar-refractivity contribution in [2.75, 3.05) is 25.1 Å². The normalized spacial score (nSPS) is 20.7. The summed E-state index contributed by atoms with van der Waals surface area (Å²) in [5, 5.41) is 5.87. The minimum absolute atomic E-state index is 0.0223. The second-order valence-electron chi connectivity index (χ2n) is 6.71. The van der Waals surface area contributed by atoms with Gasteiger partial charge >= 0.3 is 0 Å². The van der Waals surface area contributed by atoms with Crippen LogP contribution >= 0.6 is 0 Å². The molecule has 1 saturated heterocycles.